The average molecular weight is 353 g/mol. The Balaban J connectivity index is 2.08. The number of likely N-dealkylation sites (tertiary alicyclic amines) is 1. The summed E-state index contributed by atoms with van der Waals surface area (Å²) in [5.41, 5.74) is 0. The Kier molecular flexibility index (Phi) is 5.76. The summed E-state index contributed by atoms with van der Waals surface area (Å²) >= 11 is 0. The van der Waals surface area contributed by atoms with Crippen LogP contribution in [0, 0.1) is 5.92 Å². The molecule has 9 nitrogen and oxygen atoms in total. The van der Waals surface area contributed by atoms with Crippen LogP contribution in [0.25, 0.3) is 0 Å². The molecule has 0 spiro atoms. The molecule has 2 heterocycles. The van der Waals surface area contributed by atoms with E-state index in [1.165, 1.54) is 11.8 Å². The number of carbonyl (C=O) groups excluding carboxylic acids is 5. The highest BCUT2D eigenvalue weighted by Gasteiger charge is 2.42. The van der Waals surface area contributed by atoms with Gasteiger partial charge in [0.15, 0.2) is 0 Å². The zero-order valence-electron chi connectivity index (χ0n) is 14.6. The van der Waals surface area contributed by atoms with Gasteiger partial charge in [0.05, 0.1) is 0 Å². The maximum Gasteiger partial charge on any atom is 0.355 e. The molecule has 2 aliphatic heterocycles. The van der Waals surface area contributed by atoms with E-state index in [0.29, 0.717) is 24.4 Å². The Bertz CT molecular complexity index is 587. The van der Waals surface area contributed by atoms with Crippen molar-refractivity contribution < 1.29 is 28.8 Å². The Hall–Kier alpha value is -2.45. The molecule has 0 bridgehead atoms. The van der Waals surface area contributed by atoms with E-state index >= 15 is 0 Å². The van der Waals surface area contributed by atoms with Crippen LogP contribution in [0.3, 0.4) is 0 Å². The number of imide groups is 1. The van der Waals surface area contributed by atoms with Crippen molar-refractivity contribution in [2.75, 3.05) is 6.54 Å². The van der Waals surface area contributed by atoms with Gasteiger partial charge in [0, 0.05) is 26.3 Å². The molecule has 2 aliphatic rings. The molecule has 0 aromatic rings. The summed E-state index contributed by atoms with van der Waals surface area (Å²) in [7, 11) is 0. The van der Waals surface area contributed by atoms with Crippen molar-refractivity contribution in [2.24, 2.45) is 5.92 Å². The molecule has 4 amide bonds. The quantitative estimate of drug-likeness (QED) is 0.682. The second kappa shape index (κ2) is 7.62. The monoisotopic (exact) mass is 353 g/mol. The van der Waals surface area contributed by atoms with E-state index in [1.807, 2.05) is 0 Å². The minimum Gasteiger partial charge on any atom is -0.344 e. The zero-order chi connectivity index (χ0) is 18.7. The lowest BCUT2D eigenvalue weighted by Gasteiger charge is -2.30. The van der Waals surface area contributed by atoms with E-state index in [0.717, 1.165) is 0 Å². The molecule has 1 N–H and O–H groups in total. The summed E-state index contributed by atoms with van der Waals surface area (Å²) in [5.74, 6) is -2.79. The molecule has 0 radical (unpaired) electrons. The lowest BCUT2D eigenvalue weighted by Crippen LogP contribution is -2.54. The SMILES string of the molecule is CC(=O)N[C@H](C(=O)N1CCC[C@H]1C(=O)ON1C(=O)CCC1=O)C(C)C. The maximum absolute atomic E-state index is 12.8. The Labute approximate surface area is 145 Å². The van der Waals surface area contributed by atoms with E-state index in [1.54, 1.807) is 13.8 Å². The van der Waals surface area contributed by atoms with E-state index in [2.05, 4.69) is 5.32 Å². The van der Waals surface area contributed by atoms with Gasteiger partial charge in [0.2, 0.25) is 11.8 Å². The van der Waals surface area contributed by atoms with Crippen LogP contribution in [0.15, 0.2) is 0 Å². The van der Waals surface area contributed by atoms with Crippen LogP contribution in [-0.4, -0.2) is 58.2 Å². The topological polar surface area (TPSA) is 113 Å². The van der Waals surface area contributed by atoms with Crippen LogP contribution >= 0.6 is 0 Å². The summed E-state index contributed by atoms with van der Waals surface area (Å²) in [5, 5.41) is 3.08. The van der Waals surface area contributed by atoms with Crippen molar-refractivity contribution in [3.63, 3.8) is 0 Å². The molecular weight excluding hydrogens is 330 g/mol. The number of nitrogens with zero attached hydrogens (tertiary/aromatic N) is 2. The van der Waals surface area contributed by atoms with Crippen LogP contribution < -0.4 is 5.32 Å². The van der Waals surface area contributed by atoms with Gasteiger partial charge in [-0.2, -0.15) is 0 Å². The fourth-order valence-electron chi connectivity index (χ4n) is 3.00. The molecule has 9 heteroatoms. The smallest absolute Gasteiger partial charge is 0.344 e. The third-order valence-corrected chi connectivity index (χ3v) is 4.29. The predicted molar refractivity (Wildman–Crippen MR) is 84.4 cm³/mol. The number of hydrogen-bond donors (Lipinski definition) is 1. The number of amides is 4. The molecule has 2 rings (SSSR count). The van der Waals surface area contributed by atoms with Crippen LogP contribution in [0.1, 0.15) is 46.5 Å². The number of nitrogens with one attached hydrogen (secondary N) is 1. The normalized spacial score (nSPS) is 21.7. The highest BCUT2D eigenvalue weighted by atomic mass is 16.7. The highest BCUT2D eigenvalue weighted by molar-refractivity contribution is 6.02. The van der Waals surface area contributed by atoms with Gasteiger partial charge in [-0.25, -0.2) is 4.79 Å². The van der Waals surface area contributed by atoms with Crippen molar-refractivity contribution >= 4 is 29.6 Å². The molecule has 2 fully saturated rings. The molecule has 138 valence electrons. The first-order valence-electron chi connectivity index (χ1n) is 8.37. The Morgan fingerprint density at radius 2 is 1.76 bits per heavy atom. The first-order chi connectivity index (χ1) is 11.7. The molecule has 0 aliphatic carbocycles. The summed E-state index contributed by atoms with van der Waals surface area (Å²) in [6, 6.07) is -1.62. The van der Waals surface area contributed by atoms with E-state index in [9.17, 15) is 24.0 Å². The van der Waals surface area contributed by atoms with Gasteiger partial charge in [0.25, 0.3) is 11.8 Å². The first kappa shape index (κ1) is 18.9. The van der Waals surface area contributed by atoms with Gasteiger partial charge in [-0.1, -0.05) is 13.8 Å². The maximum atomic E-state index is 12.8. The van der Waals surface area contributed by atoms with Crippen molar-refractivity contribution in [3.05, 3.63) is 0 Å². The fraction of sp³-hybridized carbons (Fsp3) is 0.688. The van der Waals surface area contributed by atoms with E-state index < -0.39 is 29.9 Å². The van der Waals surface area contributed by atoms with Gasteiger partial charge >= 0.3 is 5.97 Å². The number of hydrogen-bond acceptors (Lipinski definition) is 6. The van der Waals surface area contributed by atoms with E-state index in [4.69, 9.17) is 4.84 Å². The predicted octanol–water partition coefficient (Wildman–Crippen LogP) is -0.255. The molecule has 2 saturated heterocycles. The van der Waals surface area contributed by atoms with Crippen molar-refractivity contribution in [1.29, 1.82) is 0 Å². The van der Waals surface area contributed by atoms with Gasteiger partial charge in [-0.3, -0.25) is 19.2 Å². The van der Waals surface area contributed by atoms with Gasteiger partial charge in [-0.05, 0) is 18.8 Å². The van der Waals surface area contributed by atoms with Crippen LogP contribution in [0.5, 0.6) is 0 Å². The van der Waals surface area contributed by atoms with Crippen molar-refractivity contribution in [3.8, 4) is 0 Å². The standard InChI is InChI=1S/C16H23N3O6/c1-9(2)14(17-10(3)20)15(23)18-8-4-5-11(18)16(24)25-19-12(21)6-7-13(19)22/h9,11,14H,4-8H2,1-3H3,(H,17,20)/t11-,14-/m0/s1. The first-order valence-corrected chi connectivity index (χ1v) is 8.37. The number of rotatable bonds is 5. The zero-order valence-corrected chi connectivity index (χ0v) is 14.6. The molecule has 0 aromatic carbocycles. The van der Waals surface area contributed by atoms with Crippen LogP contribution in [0.2, 0.25) is 0 Å². The summed E-state index contributed by atoms with van der Waals surface area (Å²) < 4.78 is 0. The highest BCUT2D eigenvalue weighted by Crippen LogP contribution is 2.23. The lowest BCUT2D eigenvalue weighted by molar-refractivity contribution is -0.201. The van der Waals surface area contributed by atoms with Crippen LogP contribution in [-0.2, 0) is 28.8 Å². The largest absolute Gasteiger partial charge is 0.355 e. The second-order valence-corrected chi connectivity index (χ2v) is 6.60. The third-order valence-electron chi connectivity index (χ3n) is 4.29. The lowest BCUT2D eigenvalue weighted by atomic mass is 10.0. The molecule has 0 aromatic heterocycles. The second-order valence-electron chi connectivity index (χ2n) is 6.60. The average Bonchev–Trinajstić information content (AvgIpc) is 3.13. The van der Waals surface area contributed by atoms with Crippen LogP contribution in [0.4, 0.5) is 0 Å². The van der Waals surface area contributed by atoms with Gasteiger partial charge < -0.3 is 15.1 Å². The molecular formula is C16H23N3O6. The molecule has 0 unspecified atom stereocenters. The Morgan fingerprint density at radius 1 is 1.16 bits per heavy atom. The van der Waals surface area contributed by atoms with Crippen molar-refractivity contribution in [1.82, 2.24) is 15.3 Å². The number of hydroxylamine groups is 2. The fourth-order valence-corrected chi connectivity index (χ4v) is 3.00. The molecule has 0 saturated carbocycles. The Morgan fingerprint density at radius 3 is 2.28 bits per heavy atom. The molecule has 2 atom stereocenters. The summed E-state index contributed by atoms with van der Waals surface area (Å²) in [6.07, 6.45) is 0.999. The minimum atomic E-state index is -0.872. The molecule has 25 heavy (non-hydrogen) atoms. The summed E-state index contributed by atoms with van der Waals surface area (Å²) in [4.78, 5) is 65.9. The number of carbonyl (C=O) groups is 5. The third kappa shape index (κ3) is 4.15. The summed E-state index contributed by atoms with van der Waals surface area (Å²) in [6.45, 7) is 5.26. The van der Waals surface area contributed by atoms with E-state index in [-0.39, 0.29) is 30.6 Å². The van der Waals surface area contributed by atoms with Crippen molar-refractivity contribution in [2.45, 2.75) is 58.5 Å². The van der Waals surface area contributed by atoms with Gasteiger partial charge in [-0.15, -0.1) is 5.06 Å². The van der Waals surface area contributed by atoms with Gasteiger partial charge in [0.1, 0.15) is 12.1 Å². The minimum absolute atomic E-state index is 0.0113.